The van der Waals surface area contributed by atoms with Gasteiger partial charge in [0.15, 0.2) is 15.8 Å². The summed E-state index contributed by atoms with van der Waals surface area (Å²) in [6, 6.07) is 14.1. The maximum absolute atomic E-state index is 9.54. The predicted octanol–water partition coefficient (Wildman–Crippen LogP) is 5.96. The summed E-state index contributed by atoms with van der Waals surface area (Å²) in [5.41, 5.74) is 1.84. The maximum atomic E-state index is 9.54. The summed E-state index contributed by atoms with van der Waals surface area (Å²) in [7, 11) is 1.61. The molecule has 0 aliphatic carbocycles. The number of nitriles is 1. The number of hydrogen-bond acceptors (Lipinski definition) is 6. The smallest absolute Gasteiger partial charge is 0.174 e. The van der Waals surface area contributed by atoms with Crippen LogP contribution in [0, 0.1) is 14.9 Å². The Morgan fingerprint density at radius 3 is 2.88 bits per heavy atom. The first-order valence-electron chi connectivity index (χ1n) is 7.80. The number of allylic oxidation sites excluding steroid dienone is 1. The highest BCUT2D eigenvalue weighted by atomic mass is 127. The second-order valence-corrected chi connectivity index (χ2v) is 8.62. The lowest BCUT2D eigenvalue weighted by Gasteiger charge is -2.12. The quantitative estimate of drug-likeness (QED) is 0.240. The van der Waals surface area contributed by atoms with Gasteiger partial charge >= 0.3 is 0 Å². The van der Waals surface area contributed by atoms with Crippen LogP contribution in [0.5, 0.6) is 11.5 Å². The second-order valence-electron chi connectivity index (χ2n) is 5.14. The van der Waals surface area contributed by atoms with E-state index in [1.54, 1.807) is 18.4 Å². The Hall–Kier alpha value is -1.76. The van der Waals surface area contributed by atoms with Gasteiger partial charge in [-0.2, -0.15) is 5.26 Å². The molecule has 132 valence electrons. The Labute approximate surface area is 174 Å². The molecule has 0 saturated heterocycles. The topological polar surface area (TPSA) is 55.1 Å². The van der Waals surface area contributed by atoms with Crippen LogP contribution in [-0.4, -0.2) is 18.7 Å². The van der Waals surface area contributed by atoms with Gasteiger partial charge in [0.25, 0.3) is 0 Å². The van der Waals surface area contributed by atoms with E-state index < -0.39 is 0 Å². The fourth-order valence-electron chi connectivity index (χ4n) is 2.33. The van der Waals surface area contributed by atoms with E-state index >= 15 is 0 Å². The molecule has 4 nitrogen and oxygen atoms in total. The number of thioether (sulfide) groups is 1. The first-order valence-corrected chi connectivity index (χ1v) is 10.5. The molecular formula is C19H15IN2O2S2. The van der Waals surface area contributed by atoms with E-state index in [0.29, 0.717) is 17.3 Å². The minimum absolute atomic E-state index is 0.568. The molecular weight excluding hydrogens is 479 g/mol. The van der Waals surface area contributed by atoms with Crippen molar-refractivity contribution in [3.63, 3.8) is 0 Å². The van der Waals surface area contributed by atoms with E-state index in [2.05, 4.69) is 33.6 Å². The number of rotatable bonds is 6. The molecule has 3 rings (SSSR count). The number of hydrogen-bond donors (Lipinski definition) is 0. The number of methoxy groups -OCH3 is 1. The Balaban J connectivity index is 1.91. The van der Waals surface area contributed by atoms with Crippen molar-refractivity contribution in [3.8, 4) is 17.6 Å². The predicted molar refractivity (Wildman–Crippen MR) is 116 cm³/mol. The Kier molecular flexibility index (Phi) is 6.40. The van der Waals surface area contributed by atoms with Gasteiger partial charge in [0.2, 0.25) is 0 Å². The minimum Gasteiger partial charge on any atom is -0.493 e. The number of halogens is 1. The van der Waals surface area contributed by atoms with Gasteiger partial charge in [-0.05, 0) is 77.2 Å². The molecule has 0 aliphatic heterocycles. The van der Waals surface area contributed by atoms with Crippen molar-refractivity contribution in [1.29, 1.82) is 5.26 Å². The van der Waals surface area contributed by atoms with Crippen LogP contribution >= 0.6 is 45.7 Å². The van der Waals surface area contributed by atoms with Crippen LogP contribution in [0.2, 0.25) is 0 Å². The summed E-state index contributed by atoms with van der Waals surface area (Å²) >= 11 is 5.18. The molecule has 26 heavy (non-hydrogen) atoms. The van der Waals surface area contributed by atoms with E-state index in [1.807, 2.05) is 49.4 Å². The van der Waals surface area contributed by atoms with Gasteiger partial charge in [-0.25, -0.2) is 4.98 Å². The SMILES string of the molecule is CCOc1c(I)cc(C=C(C#N)Sc2nc3ccccc3s2)cc1OC. The van der Waals surface area contributed by atoms with Crippen LogP contribution in [0.1, 0.15) is 12.5 Å². The molecule has 0 saturated carbocycles. The number of fused-ring (bicyclic) bond motifs is 1. The fraction of sp³-hybridized carbons (Fsp3) is 0.158. The largest absolute Gasteiger partial charge is 0.493 e. The van der Waals surface area contributed by atoms with Crippen LogP contribution in [0.25, 0.3) is 16.3 Å². The molecule has 7 heteroatoms. The lowest BCUT2D eigenvalue weighted by Crippen LogP contribution is -1.98. The third kappa shape index (κ3) is 4.31. The highest BCUT2D eigenvalue weighted by Gasteiger charge is 2.12. The Bertz CT molecular complexity index is 975. The highest BCUT2D eigenvalue weighted by Crippen LogP contribution is 2.37. The van der Waals surface area contributed by atoms with Gasteiger partial charge in [-0.3, -0.25) is 0 Å². The van der Waals surface area contributed by atoms with Crippen molar-refractivity contribution in [3.05, 3.63) is 50.4 Å². The molecule has 0 amide bonds. The molecule has 0 bridgehead atoms. The zero-order chi connectivity index (χ0) is 18.5. The lowest BCUT2D eigenvalue weighted by molar-refractivity contribution is 0.308. The standard InChI is InChI=1S/C19H15IN2O2S2/c1-3-24-18-14(20)9-12(10-16(18)23-2)8-13(11-21)25-19-22-15-6-4-5-7-17(15)26-19/h4-10H,3H2,1-2H3. The molecule has 1 heterocycles. The third-order valence-electron chi connectivity index (χ3n) is 3.42. The molecule has 2 aromatic carbocycles. The van der Waals surface area contributed by atoms with Crippen molar-refractivity contribution in [2.45, 2.75) is 11.3 Å². The van der Waals surface area contributed by atoms with E-state index in [0.717, 1.165) is 29.4 Å². The highest BCUT2D eigenvalue weighted by molar-refractivity contribution is 14.1. The van der Waals surface area contributed by atoms with Gasteiger partial charge in [0.05, 0.1) is 32.4 Å². The average Bonchev–Trinajstić information content (AvgIpc) is 3.05. The van der Waals surface area contributed by atoms with Gasteiger partial charge in [0, 0.05) is 0 Å². The molecule has 0 aliphatic rings. The van der Waals surface area contributed by atoms with E-state index in [-0.39, 0.29) is 0 Å². The normalized spacial score (nSPS) is 11.4. The number of benzene rings is 2. The molecule has 1 aromatic heterocycles. The van der Waals surface area contributed by atoms with Crippen molar-refractivity contribution in [2.24, 2.45) is 0 Å². The first kappa shape index (κ1) is 19.0. The summed E-state index contributed by atoms with van der Waals surface area (Å²) in [4.78, 5) is 5.15. The fourth-order valence-corrected chi connectivity index (χ4v) is 5.09. The summed E-state index contributed by atoms with van der Waals surface area (Å²) in [5, 5.41) is 9.54. The summed E-state index contributed by atoms with van der Waals surface area (Å²) < 4.78 is 14.0. The molecule has 0 fully saturated rings. The number of nitrogens with zero attached hydrogens (tertiary/aromatic N) is 2. The third-order valence-corrected chi connectivity index (χ3v) is 6.25. The zero-order valence-electron chi connectivity index (χ0n) is 14.2. The van der Waals surface area contributed by atoms with Crippen LogP contribution in [0.3, 0.4) is 0 Å². The second kappa shape index (κ2) is 8.75. The average molecular weight is 494 g/mol. The zero-order valence-corrected chi connectivity index (χ0v) is 17.9. The van der Waals surface area contributed by atoms with Gasteiger partial charge in [-0.1, -0.05) is 12.1 Å². The molecule has 0 unspecified atom stereocenters. The van der Waals surface area contributed by atoms with Gasteiger partial charge < -0.3 is 9.47 Å². The molecule has 0 spiro atoms. The van der Waals surface area contributed by atoms with Gasteiger partial charge in [-0.15, -0.1) is 11.3 Å². The monoisotopic (exact) mass is 494 g/mol. The molecule has 0 radical (unpaired) electrons. The summed E-state index contributed by atoms with van der Waals surface area (Å²) in [6.45, 7) is 2.50. The first-order chi connectivity index (χ1) is 12.6. The summed E-state index contributed by atoms with van der Waals surface area (Å²) in [6.07, 6.45) is 1.84. The van der Waals surface area contributed by atoms with Crippen molar-refractivity contribution < 1.29 is 9.47 Å². The van der Waals surface area contributed by atoms with Gasteiger partial charge in [0.1, 0.15) is 6.07 Å². The van der Waals surface area contributed by atoms with Crippen LogP contribution < -0.4 is 9.47 Å². The van der Waals surface area contributed by atoms with E-state index in [4.69, 9.17) is 9.47 Å². The van der Waals surface area contributed by atoms with E-state index in [1.165, 1.54) is 11.8 Å². The Morgan fingerprint density at radius 1 is 1.38 bits per heavy atom. The number of para-hydroxylation sites is 1. The molecule has 3 aromatic rings. The van der Waals surface area contributed by atoms with Crippen molar-refractivity contribution in [1.82, 2.24) is 4.98 Å². The summed E-state index contributed by atoms with van der Waals surface area (Å²) in [5.74, 6) is 1.39. The number of aromatic nitrogens is 1. The Morgan fingerprint density at radius 2 is 2.19 bits per heavy atom. The van der Waals surface area contributed by atoms with E-state index in [9.17, 15) is 5.26 Å². The van der Waals surface area contributed by atoms with Crippen LogP contribution in [0.15, 0.2) is 45.6 Å². The van der Waals surface area contributed by atoms with Crippen molar-refractivity contribution >= 4 is 62.0 Å². The maximum Gasteiger partial charge on any atom is 0.174 e. The lowest BCUT2D eigenvalue weighted by atomic mass is 10.2. The minimum atomic E-state index is 0.568. The number of thiazole rings is 1. The van der Waals surface area contributed by atoms with Crippen LogP contribution in [0.4, 0.5) is 0 Å². The van der Waals surface area contributed by atoms with Crippen LogP contribution in [-0.2, 0) is 0 Å². The van der Waals surface area contributed by atoms with Crippen molar-refractivity contribution in [2.75, 3.05) is 13.7 Å². The number of ether oxygens (including phenoxy) is 2. The molecule has 0 atom stereocenters. The molecule has 0 N–H and O–H groups in total.